The number of aliphatic hydroxyl groups is 1. The van der Waals surface area contributed by atoms with E-state index in [9.17, 15) is 9.90 Å². The SMILES string of the molecule is CCC(CC)(CCO)CNC(=O)C1C2CCC(C2)C1N.Cl. The zero-order valence-corrected chi connectivity index (χ0v) is 14.1. The number of amides is 1. The van der Waals surface area contributed by atoms with Crippen LogP contribution in [0.25, 0.3) is 0 Å². The van der Waals surface area contributed by atoms with Crippen molar-refractivity contribution in [2.45, 2.75) is 58.4 Å². The number of hydrogen-bond acceptors (Lipinski definition) is 3. The molecule has 0 aromatic rings. The van der Waals surface area contributed by atoms with Crippen molar-refractivity contribution < 1.29 is 9.90 Å². The second kappa shape index (κ2) is 7.80. The molecule has 2 saturated carbocycles. The van der Waals surface area contributed by atoms with E-state index in [1.165, 1.54) is 12.8 Å². The fraction of sp³-hybridized carbons (Fsp3) is 0.938. The number of carbonyl (C=O) groups is 1. The summed E-state index contributed by atoms with van der Waals surface area (Å²) >= 11 is 0. The molecular weight excluding hydrogens is 288 g/mol. The van der Waals surface area contributed by atoms with Gasteiger partial charge in [-0.3, -0.25) is 4.79 Å². The molecule has 4 nitrogen and oxygen atoms in total. The molecule has 2 aliphatic carbocycles. The van der Waals surface area contributed by atoms with Gasteiger partial charge in [0.25, 0.3) is 0 Å². The monoisotopic (exact) mass is 318 g/mol. The van der Waals surface area contributed by atoms with Crippen molar-refractivity contribution in [3.05, 3.63) is 0 Å². The van der Waals surface area contributed by atoms with Gasteiger partial charge in [-0.15, -0.1) is 12.4 Å². The highest BCUT2D eigenvalue weighted by atomic mass is 35.5. The average Bonchev–Trinajstić information content (AvgIpc) is 3.04. The maximum absolute atomic E-state index is 12.5. The van der Waals surface area contributed by atoms with Crippen LogP contribution in [0, 0.1) is 23.2 Å². The summed E-state index contributed by atoms with van der Waals surface area (Å²) in [6.45, 7) is 5.12. The summed E-state index contributed by atoms with van der Waals surface area (Å²) in [7, 11) is 0. The Labute approximate surface area is 134 Å². The zero-order valence-electron chi connectivity index (χ0n) is 13.3. The van der Waals surface area contributed by atoms with Gasteiger partial charge in [0, 0.05) is 19.2 Å². The maximum atomic E-state index is 12.5. The van der Waals surface area contributed by atoms with Crippen molar-refractivity contribution >= 4 is 18.3 Å². The molecule has 1 amide bonds. The Hall–Kier alpha value is -0.320. The maximum Gasteiger partial charge on any atom is 0.224 e. The Kier molecular flexibility index (Phi) is 6.95. The van der Waals surface area contributed by atoms with E-state index in [-0.39, 0.29) is 42.3 Å². The summed E-state index contributed by atoms with van der Waals surface area (Å²) in [4.78, 5) is 12.5. The van der Waals surface area contributed by atoms with E-state index in [0.29, 0.717) is 18.4 Å². The van der Waals surface area contributed by atoms with Crippen LogP contribution in [-0.2, 0) is 4.79 Å². The fourth-order valence-electron chi connectivity index (χ4n) is 4.30. The number of carbonyl (C=O) groups excluding carboxylic acids is 1. The lowest BCUT2D eigenvalue weighted by atomic mass is 9.78. The van der Waals surface area contributed by atoms with Gasteiger partial charge in [0.05, 0.1) is 5.92 Å². The minimum absolute atomic E-state index is 0. The molecule has 0 aliphatic heterocycles. The molecule has 0 saturated heterocycles. The minimum atomic E-state index is 0. The van der Waals surface area contributed by atoms with E-state index < -0.39 is 0 Å². The first-order chi connectivity index (χ1) is 9.56. The standard InChI is InChI=1S/C16H30N2O2.ClH/c1-3-16(4-2,7-8-19)10-18-15(20)13-11-5-6-12(9-11)14(13)17;/h11-14,19H,3-10,17H2,1-2H3,(H,18,20);1H. The Morgan fingerprint density at radius 1 is 1.29 bits per heavy atom. The van der Waals surface area contributed by atoms with Crippen LogP contribution in [0.5, 0.6) is 0 Å². The van der Waals surface area contributed by atoms with Crippen LogP contribution in [0.15, 0.2) is 0 Å². The predicted octanol–water partition coefficient (Wildman–Crippen LogP) is 2.09. The third-order valence-corrected chi connectivity index (χ3v) is 6.06. The van der Waals surface area contributed by atoms with Crippen molar-refractivity contribution in [2.75, 3.05) is 13.2 Å². The number of rotatable bonds is 7. The van der Waals surface area contributed by atoms with Crippen molar-refractivity contribution in [3.63, 3.8) is 0 Å². The highest BCUT2D eigenvalue weighted by molar-refractivity contribution is 5.85. The first kappa shape index (κ1) is 18.7. The summed E-state index contributed by atoms with van der Waals surface area (Å²) in [6, 6.07) is 0.0595. The lowest BCUT2D eigenvalue weighted by Crippen LogP contribution is -2.48. The van der Waals surface area contributed by atoms with E-state index in [2.05, 4.69) is 19.2 Å². The molecule has 0 radical (unpaired) electrons. The van der Waals surface area contributed by atoms with Crippen LogP contribution < -0.4 is 11.1 Å². The molecule has 4 unspecified atom stereocenters. The molecule has 0 aromatic heterocycles. The van der Waals surface area contributed by atoms with E-state index >= 15 is 0 Å². The van der Waals surface area contributed by atoms with Gasteiger partial charge in [-0.1, -0.05) is 13.8 Å². The molecule has 2 fully saturated rings. The lowest BCUT2D eigenvalue weighted by Gasteiger charge is -2.33. The Morgan fingerprint density at radius 2 is 1.90 bits per heavy atom. The second-order valence-electron chi connectivity index (χ2n) is 6.83. The van der Waals surface area contributed by atoms with Crippen LogP contribution in [0.4, 0.5) is 0 Å². The molecule has 0 spiro atoms. The van der Waals surface area contributed by atoms with Crippen molar-refractivity contribution in [3.8, 4) is 0 Å². The van der Waals surface area contributed by atoms with E-state index in [1.54, 1.807) is 0 Å². The molecule has 4 atom stereocenters. The molecule has 0 aromatic carbocycles. The predicted molar refractivity (Wildman–Crippen MR) is 87.3 cm³/mol. The fourth-order valence-corrected chi connectivity index (χ4v) is 4.30. The Bertz CT molecular complexity index is 345. The summed E-state index contributed by atoms with van der Waals surface area (Å²) in [5.74, 6) is 1.24. The van der Waals surface area contributed by atoms with Crippen LogP contribution in [0.1, 0.15) is 52.4 Å². The van der Waals surface area contributed by atoms with Crippen molar-refractivity contribution in [1.29, 1.82) is 0 Å². The highest BCUT2D eigenvalue weighted by Gasteiger charge is 2.49. The quantitative estimate of drug-likeness (QED) is 0.673. The number of hydrogen-bond donors (Lipinski definition) is 3. The van der Waals surface area contributed by atoms with Gasteiger partial charge in [-0.05, 0) is 55.8 Å². The number of halogens is 1. The summed E-state index contributed by atoms with van der Waals surface area (Å²) in [5, 5.41) is 12.4. The molecule has 2 rings (SSSR count). The molecular formula is C16H31ClN2O2. The number of nitrogens with one attached hydrogen (secondary N) is 1. The van der Waals surface area contributed by atoms with Gasteiger partial charge < -0.3 is 16.2 Å². The normalized spacial score (nSPS) is 31.0. The molecule has 2 aliphatic rings. The smallest absolute Gasteiger partial charge is 0.224 e. The van der Waals surface area contributed by atoms with Gasteiger partial charge in [0.15, 0.2) is 0 Å². The molecule has 0 heterocycles. The minimum Gasteiger partial charge on any atom is -0.396 e. The van der Waals surface area contributed by atoms with Crippen LogP contribution in [0.3, 0.4) is 0 Å². The van der Waals surface area contributed by atoms with Gasteiger partial charge in [0.2, 0.25) is 5.91 Å². The van der Waals surface area contributed by atoms with Gasteiger partial charge >= 0.3 is 0 Å². The number of aliphatic hydroxyl groups excluding tert-OH is 1. The molecule has 5 heteroatoms. The van der Waals surface area contributed by atoms with Gasteiger partial charge in [-0.25, -0.2) is 0 Å². The first-order valence-corrected chi connectivity index (χ1v) is 8.21. The second-order valence-corrected chi connectivity index (χ2v) is 6.83. The van der Waals surface area contributed by atoms with Crippen LogP contribution in [0.2, 0.25) is 0 Å². The summed E-state index contributed by atoms with van der Waals surface area (Å²) < 4.78 is 0. The van der Waals surface area contributed by atoms with Gasteiger partial charge in [0.1, 0.15) is 0 Å². The van der Waals surface area contributed by atoms with Crippen LogP contribution >= 0.6 is 12.4 Å². The molecule has 4 N–H and O–H groups in total. The van der Waals surface area contributed by atoms with Gasteiger partial charge in [-0.2, -0.15) is 0 Å². The molecule has 2 bridgehead atoms. The highest BCUT2D eigenvalue weighted by Crippen LogP contribution is 2.47. The van der Waals surface area contributed by atoms with E-state index in [0.717, 1.165) is 25.7 Å². The zero-order chi connectivity index (χ0) is 14.8. The Balaban J connectivity index is 0.00000220. The number of fused-ring (bicyclic) bond motifs is 2. The average molecular weight is 319 g/mol. The van der Waals surface area contributed by atoms with E-state index in [4.69, 9.17) is 5.73 Å². The first-order valence-electron chi connectivity index (χ1n) is 8.21. The lowest BCUT2D eigenvalue weighted by molar-refractivity contribution is -0.127. The summed E-state index contributed by atoms with van der Waals surface area (Å²) in [5.41, 5.74) is 6.26. The third kappa shape index (κ3) is 3.72. The third-order valence-electron chi connectivity index (χ3n) is 6.06. The van der Waals surface area contributed by atoms with Crippen LogP contribution in [-0.4, -0.2) is 30.2 Å². The van der Waals surface area contributed by atoms with Crippen molar-refractivity contribution in [2.24, 2.45) is 28.9 Å². The largest absolute Gasteiger partial charge is 0.396 e. The summed E-state index contributed by atoms with van der Waals surface area (Å²) in [6.07, 6.45) is 6.22. The van der Waals surface area contributed by atoms with E-state index in [1.807, 2.05) is 0 Å². The molecule has 124 valence electrons. The topological polar surface area (TPSA) is 75.3 Å². The molecule has 21 heavy (non-hydrogen) atoms. The Morgan fingerprint density at radius 3 is 2.38 bits per heavy atom. The number of nitrogens with two attached hydrogens (primary N) is 1. The van der Waals surface area contributed by atoms with Crippen molar-refractivity contribution in [1.82, 2.24) is 5.32 Å².